The van der Waals surface area contributed by atoms with Crippen LogP contribution in [0, 0.1) is 0 Å². The van der Waals surface area contributed by atoms with Gasteiger partial charge in [-0.2, -0.15) is 0 Å². The van der Waals surface area contributed by atoms with Crippen LogP contribution >= 0.6 is 15.9 Å². The first-order valence-electron chi connectivity index (χ1n) is 5.60. The maximum Gasteiger partial charge on any atom is 0.121 e. The Hall–Kier alpha value is -0.740. The summed E-state index contributed by atoms with van der Waals surface area (Å²) in [5, 5.41) is 3.41. The van der Waals surface area contributed by atoms with Crippen LogP contribution in [0.1, 0.15) is 6.42 Å². The second-order valence-corrected chi connectivity index (χ2v) is 4.76. The molecule has 1 N–H and O–H groups in total. The summed E-state index contributed by atoms with van der Waals surface area (Å²) in [6, 6.07) is 6.12. The fourth-order valence-electron chi connectivity index (χ4n) is 1.95. The number of hydrogen-bond acceptors (Lipinski definition) is 3. The predicted octanol–water partition coefficient (Wildman–Crippen LogP) is 2.26. The molecule has 0 radical (unpaired) electrons. The van der Waals surface area contributed by atoms with Crippen molar-refractivity contribution in [3.63, 3.8) is 0 Å². The van der Waals surface area contributed by atoms with E-state index in [1.807, 2.05) is 12.1 Å². The van der Waals surface area contributed by atoms with E-state index in [4.69, 9.17) is 4.74 Å². The van der Waals surface area contributed by atoms with Crippen molar-refractivity contribution >= 4 is 21.6 Å². The van der Waals surface area contributed by atoms with Crippen LogP contribution in [0.15, 0.2) is 22.7 Å². The van der Waals surface area contributed by atoms with Crippen molar-refractivity contribution in [2.24, 2.45) is 0 Å². The molecule has 1 aliphatic rings. The Morgan fingerprint density at radius 1 is 1.31 bits per heavy atom. The number of nitrogens with zero attached hydrogens (tertiary/aromatic N) is 1. The molecule has 0 atom stereocenters. The molecule has 1 aromatic carbocycles. The minimum Gasteiger partial charge on any atom is -0.497 e. The summed E-state index contributed by atoms with van der Waals surface area (Å²) in [7, 11) is 1.71. The molecule has 0 amide bonds. The number of methoxy groups -OCH3 is 1. The van der Waals surface area contributed by atoms with Crippen LogP contribution in [0.3, 0.4) is 0 Å². The van der Waals surface area contributed by atoms with E-state index in [1.165, 1.54) is 12.1 Å². The number of benzene rings is 1. The third-order valence-electron chi connectivity index (χ3n) is 2.83. The Balaban J connectivity index is 2.22. The number of nitrogens with one attached hydrogen (secondary N) is 1. The van der Waals surface area contributed by atoms with Gasteiger partial charge in [0.2, 0.25) is 0 Å². The largest absolute Gasteiger partial charge is 0.497 e. The van der Waals surface area contributed by atoms with Crippen LogP contribution in [0.4, 0.5) is 5.69 Å². The summed E-state index contributed by atoms with van der Waals surface area (Å²) in [6.45, 7) is 4.30. The standard InChI is InChI=1S/C12H17BrN2O/c1-16-10-3-4-11(13)12(9-10)15-7-2-5-14-6-8-15/h3-4,9,14H,2,5-8H2,1H3. The van der Waals surface area contributed by atoms with E-state index in [2.05, 4.69) is 32.2 Å². The average molecular weight is 285 g/mol. The molecule has 0 unspecified atom stereocenters. The van der Waals surface area contributed by atoms with Gasteiger partial charge in [-0.25, -0.2) is 0 Å². The molecule has 1 saturated heterocycles. The monoisotopic (exact) mass is 284 g/mol. The van der Waals surface area contributed by atoms with Gasteiger partial charge in [0, 0.05) is 30.2 Å². The Morgan fingerprint density at radius 3 is 3.00 bits per heavy atom. The second-order valence-electron chi connectivity index (χ2n) is 3.91. The molecule has 1 fully saturated rings. The third-order valence-corrected chi connectivity index (χ3v) is 3.50. The van der Waals surface area contributed by atoms with Crippen molar-refractivity contribution in [3.8, 4) is 5.75 Å². The van der Waals surface area contributed by atoms with E-state index in [0.29, 0.717) is 0 Å². The van der Waals surface area contributed by atoms with Crippen molar-refractivity contribution in [3.05, 3.63) is 22.7 Å². The molecule has 2 rings (SSSR count). The van der Waals surface area contributed by atoms with Gasteiger partial charge in [-0.15, -0.1) is 0 Å². The first-order valence-corrected chi connectivity index (χ1v) is 6.40. The molecule has 0 spiro atoms. The number of hydrogen-bond donors (Lipinski definition) is 1. The van der Waals surface area contributed by atoms with Crippen molar-refractivity contribution in [1.82, 2.24) is 5.32 Å². The minimum absolute atomic E-state index is 0.912. The van der Waals surface area contributed by atoms with Crippen LogP contribution in [0.25, 0.3) is 0 Å². The van der Waals surface area contributed by atoms with Gasteiger partial charge < -0.3 is 15.0 Å². The Labute approximate surface area is 105 Å². The average Bonchev–Trinajstić information content (AvgIpc) is 2.58. The number of rotatable bonds is 2. The first kappa shape index (κ1) is 11.7. The van der Waals surface area contributed by atoms with Crippen molar-refractivity contribution < 1.29 is 4.74 Å². The molecular formula is C12H17BrN2O. The minimum atomic E-state index is 0.912. The lowest BCUT2D eigenvalue weighted by Gasteiger charge is -2.24. The summed E-state index contributed by atoms with van der Waals surface area (Å²) in [6.07, 6.45) is 1.18. The fourth-order valence-corrected chi connectivity index (χ4v) is 2.45. The van der Waals surface area contributed by atoms with Crippen molar-refractivity contribution in [1.29, 1.82) is 0 Å². The predicted molar refractivity (Wildman–Crippen MR) is 70.4 cm³/mol. The van der Waals surface area contributed by atoms with E-state index < -0.39 is 0 Å². The van der Waals surface area contributed by atoms with E-state index in [1.54, 1.807) is 7.11 Å². The third kappa shape index (κ3) is 2.68. The molecule has 0 saturated carbocycles. The van der Waals surface area contributed by atoms with Crippen molar-refractivity contribution in [2.45, 2.75) is 6.42 Å². The van der Waals surface area contributed by atoms with Gasteiger partial charge >= 0.3 is 0 Å². The summed E-state index contributed by atoms with van der Waals surface area (Å²) >= 11 is 3.60. The molecule has 0 aromatic heterocycles. The SMILES string of the molecule is COc1ccc(Br)c(N2CCCNCC2)c1. The molecule has 0 bridgehead atoms. The summed E-state index contributed by atoms with van der Waals surface area (Å²) in [5.41, 5.74) is 1.23. The number of ether oxygens (including phenoxy) is 1. The highest BCUT2D eigenvalue weighted by atomic mass is 79.9. The highest BCUT2D eigenvalue weighted by molar-refractivity contribution is 9.10. The van der Waals surface area contributed by atoms with Gasteiger partial charge in [-0.05, 0) is 41.0 Å². The Kier molecular flexibility index (Phi) is 4.07. The fraction of sp³-hybridized carbons (Fsp3) is 0.500. The second kappa shape index (κ2) is 5.55. The highest BCUT2D eigenvalue weighted by Crippen LogP contribution is 2.30. The van der Waals surface area contributed by atoms with Gasteiger partial charge in [0.05, 0.1) is 12.8 Å². The topological polar surface area (TPSA) is 24.5 Å². The molecule has 88 valence electrons. The molecule has 3 nitrogen and oxygen atoms in total. The Morgan fingerprint density at radius 2 is 2.19 bits per heavy atom. The van der Waals surface area contributed by atoms with Gasteiger partial charge in [0.25, 0.3) is 0 Å². The smallest absolute Gasteiger partial charge is 0.121 e. The van der Waals surface area contributed by atoms with Crippen molar-refractivity contribution in [2.75, 3.05) is 38.2 Å². The lowest BCUT2D eigenvalue weighted by Crippen LogP contribution is -2.28. The zero-order chi connectivity index (χ0) is 11.4. The van der Waals surface area contributed by atoms with Crippen LogP contribution < -0.4 is 15.0 Å². The van der Waals surface area contributed by atoms with Crippen LogP contribution in [-0.4, -0.2) is 33.3 Å². The zero-order valence-corrected chi connectivity index (χ0v) is 11.1. The van der Waals surface area contributed by atoms with Gasteiger partial charge in [-0.3, -0.25) is 0 Å². The molecule has 1 aromatic rings. The zero-order valence-electron chi connectivity index (χ0n) is 9.50. The molecule has 4 heteroatoms. The molecule has 0 aliphatic carbocycles. The Bertz CT molecular complexity index is 349. The molecule has 1 heterocycles. The van der Waals surface area contributed by atoms with E-state index >= 15 is 0 Å². The van der Waals surface area contributed by atoms with Crippen LogP contribution in [0.5, 0.6) is 5.75 Å². The summed E-state index contributed by atoms with van der Waals surface area (Å²) in [4.78, 5) is 2.40. The maximum atomic E-state index is 5.27. The van der Waals surface area contributed by atoms with E-state index in [-0.39, 0.29) is 0 Å². The van der Waals surface area contributed by atoms with Gasteiger partial charge in [0.15, 0.2) is 0 Å². The lowest BCUT2D eigenvalue weighted by atomic mass is 10.2. The lowest BCUT2D eigenvalue weighted by molar-refractivity contribution is 0.414. The van der Waals surface area contributed by atoms with Crippen LogP contribution in [0.2, 0.25) is 0 Å². The van der Waals surface area contributed by atoms with Crippen LogP contribution in [-0.2, 0) is 0 Å². The molecule has 16 heavy (non-hydrogen) atoms. The normalized spacial score (nSPS) is 17.0. The van der Waals surface area contributed by atoms with E-state index in [0.717, 1.165) is 36.4 Å². The first-order chi connectivity index (χ1) is 7.81. The summed E-state index contributed by atoms with van der Waals surface area (Å²) < 4.78 is 6.40. The molecular weight excluding hydrogens is 268 g/mol. The van der Waals surface area contributed by atoms with Gasteiger partial charge in [0.1, 0.15) is 5.75 Å². The summed E-state index contributed by atoms with van der Waals surface area (Å²) in [5.74, 6) is 0.912. The molecule has 1 aliphatic heterocycles. The highest BCUT2D eigenvalue weighted by Gasteiger charge is 2.12. The van der Waals surface area contributed by atoms with Gasteiger partial charge in [-0.1, -0.05) is 0 Å². The number of anilines is 1. The maximum absolute atomic E-state index is 5.27. The quantitative estimate of drug-likeness (QED) is 0.902. The van der Waals surface area contributed by atoms with E-state index in [9.17, 15) is 0 Å². The number of halogens is 1.